The summed E-state index contributed by atoms with van der Waals surface area (Å²) in [7, 11) is 0. The summed E-state index contributed by atoms with van der Waals surface area (Å²) in [5, 5.41) is 85.8. The summed E-state index contributed by atoms with van der Waals surface area (Å²) < 4.78 is 16.4. The molecule has 5 rings (SSSR count). The van der Waals surface area contributed by atoms with Crippen molar-refractivity contribution in [1.82, 2.24) is 10.6 Å². The average Bonchev–Trinajstić information content (AvgIpc) is 3.54. The van der Waals surface area contributed by atoms with Gasteiger partial charge >= 0.3 is 6.09 Å². The van der Waals surface area contributed by atoms with Gasteiger partial charge in [0, 0.05) is 19.5 Å². The maximum absolute atomic E-state index is 12.8. The first-order valence-corrected chi connectivity index (χ1v) is 21.5. The quantitative estimate of drug-likeness (QED) is 0.0740. The maximum Gasteiger partial charge on any atom is 0.407 e. The lowest BCUT2D eigenvalue weighted by atomic mass is 9.47. The molecule has 5 aliphatic rings. The van der Waals surface area contributed by atoms with Crippen LogP contribution in [-0.2, 0) is 19.0 Å². The Morgan fingerprint density at radius 1 is 0.912 bits per heavy atom. The summed E-state index contributed by atoms with van der Waals surface area (Å²) >= 11 is 0. The molecule has 3 saturated carbocycles. The van der Waals surface area contributed by atoms with Crippen LogP contribution in [0.25, 0.3) is 0 Å². The number of rotatable bonds is 17. The van der Waals surface area contributed by atoms with Gasteiger partial charge in [0.1, 0.15) is 48.8 Å². The zero-order valence-electron chi connectivity index (χ0n) is 34.5. The van der Waals surface area contributed by atoms with Crippen LogP contribution in [0.4, 0.5) is 4.79 Å². The Labute approximate surface area is 337 Å². The Morgan fingerprint density at radius 2 is 1.63 bits per heavy atom. The molecular weight excluding hydrogens is 740 g/mol. The second-order valence-electron chi connectivity index (χ2n) is 18.8. The number of hydrogen-bond acceptors (Lipinski definition) is 13. The van der Waals surface area contributed by atoms with E-state index in [1.807, 2.05) is 0 Å². The number of fused-ring (bicyclic) bond motifs is 5. The Hall–Kier alpha value is -1.92. The number of hydrogen-bond donors (Lipinski definition) is 10. The van der Waals surface area contributed by atoms with Gasteiger partial charge in [-0.1, -0.05) is 65.5 Å². The second kappa shape index (κ2) is 19.6. The number of nitrogens with one attached hydrogen (secondary N) is 2. The van der Waals surface area contributed by atoms with Crippen molar-refractivity contribution >= 4 is 12.0 Å². The van der Waals surface area contributed by atoms with Gasteiger partial charge in [-0.25, -0.2) is 4.79 Å². The molecule has 4 aliphatic carbocycles. The first-order valence-electron chi connectivity index (χ1n) is 21.5. The van der Waals surface area contributed by atoms with Crippen LogP contribution in [0.1, 0.15) is 105 Å². The van der Waals surface area contributed by atoms with E-state index in [0.29, 0.717) is 23.7 Å². The minimum atomic E-state index is -2.20. The molecule has 1 aliphatic heterocycles. The maximum atomic E-state index is 12.8. The van der Waals surface area contributed by atoms with E-state index in [1.54, 1.807) is 0 Å². The first-order chi connectivity index (χ1) is 27.0. The lowest BCUT2D eigenvalue weighted by molar-refractivity contribution is -0.326. The topological polar surface area (TPSA) is 248 Å². The highest BCUT2D eigenvalue weighted by atomic mass is 16.7. The standard InChI is InChI=1S/C42H72N2O13/c1-22(2)7-6-8-23(3)27-11-12-28-26-10-9-24-19-25(13-15-41(24,4)29(26)14-16-42(27,28)5)55-40(54)44-18-17-43-38(53)35(51)34(50)37(30(47)20-45)57-39-36(52)33(49)32(48)31(21-46)56-39/h9,22-23,25-37,39,45-52H,6-8,10-21H2,1-5H3,(H,43,53)(H,44,54)/t23-,25+,26+,27-,28+,29+,30-,31-,32+,33+,34-,35-,36-,37?,39+,41+,42-/m1/s1. The van der Waals surface area contributed by atoms with Gasteiger partial charge in [0.15, 0.2) is 12.4 Å². The summed E-state index contributed by atoms with van der Waals surface area (Å²) in [6.07, 6.45) is -2.43. The van der Waals surface area contributed by atoms with Crippen LogP contribution >= 0.6 is 0 Å². The third-order valence-electron chi connectivity index (χ3n) is 14.9. The van der Waals surface area contributed by atoms with Gasteiger partial charge in [0.05, 0.1) is 13.2 Å². The van der Waals surface area contributed by atoms with E-state index in [2.05, 4.69) is 51.3 Å². The van der Waals surface area contributed by atoms with Crippen molar-refractivity contribution < 1.29 is 64.7 Å². The molecule has 17 atom stereocenters. The van der Waals surface area contributed by atoms with Gasteiger partial charge in [-0.3, -0.25) is 4.79 Å². The first kappa shape index (κ1) is 46.2. The third kappa shape index (κ3) is 10.0. The number of allylic oxidation sites excluding steroid dienone is 1. The van der Waals surface area contributed by atoms with Gasteiger partial charge in [-0.05, 0) is 91.3 Å². The van der Waals surface area contributed by atoms with Gasteiger partial charge < -0.3 is 65.7 Å². The smallest absolute Gasteiger partial charge is 0.407 e. The molecule has 15 heteroatoms. The van der Waals surface area contributed by atoms with Crippen LogP contribution in [0.3, 0.4) is 0 Å². The van der Waals surface area contributed by atoms with Crippen molar-refractivity contribution in [2.24, 2.45) is 46.3 Å². The minimum Gasteiger partial charge on any atom is -0.446 e. The molecule has 0 radical (unpaired) electrons. The van der Waals surface area contributed by atoms with E-state index in [1.165, 1.54) is 50.5 Å². The Balaban J connectivity index is 1.07. The summed E-state index contributed by atoms with van der Waals surface area (Å²) in [5.41, 5.74) is 1.95. The summed E-state index contributed by atoms with van der Waals surface area (Å²) in [4.78, 5) is 25.5. The predicted octanol–water partition coefficient (Wildman–Crippen LogP) is 1.50. The number of ether oxygens (including phenoxy) is 3. The fourth-order valence-corrected chi connectivity index (χ4v) is 11.6. The Kier molecular flexibility index (Phi) is 15.9. The molecule has 0 spiro atoms. The van der Waals surface area contributed by atoms with Gasteiger partial charge in [0.2, 0.25) is 0 Å². The van der Waals surface area contributed by atoms with Crippen LogP contribution < -0.4 is 10.6 Å². The Bertz CT molecular complexity index is 1370. The molecule has 0 aromatic rings. The second-order valence-corrected chi connectivity index (χ2v) is 18.8. The van der Waals surface area contributed by atoms with Crippen LogP contribution in [0, 0.1) is 46.3 Å². The molecular formula is C42H72N2O13. The molecule has 1 saturated heterocycles. The van der Waals surface area contributed by atoms with E-state index in [0.717, 1.165) is 42.9 Å². The molecule has 10 N–H and O–H groups in total. The molecule has 0 bridgehead atoms. The van der Waals surface area contributed by atoms with E-state index in [9.17, 15) is 50.4 Å². The molecule has 4 fully saturated rings. The SMILES string of the molecule is CC(C)CCC[C@@H](C)[C@H]1CC[C@H]2[C@@H]3CC=C4C[C@@H](OC(=O)NCCNC(=O)[C@H](O)[C@@H](O)C(O[C@@H]5O[C@H](CO)[C@H](O)[C@H](O)[C@H]5O)[C@H](O)CO)CC[C@]4(C)[C@H]3CC[C@]12C. The largest absolute Gasteiger partial charge is 0.446 e. The van der Waals surface area contributed by atoms with Gasteiger partial charge in [-0.2, -0.15) is 0 Å². The van der Waals surface area contributed by atoms with E-state index in [4.69, 9.17) is 14.2 Å². The summed E-state index contributed by atoms with van der Waals surface area (Å²) in [5.74, 6) is 3.39. The van der Waals surface area contributed by atoms with Crippen molar-refractivity contribution in [1.29, 1.82) is 0 Å². The summed E-state index contributed by atoms with van der Waals surface area (Å²) in [6, 6.07) is 0. The van der Waals surface area contributed by atoms with Crippen LogP contribution in [-0.4, -0.2) is 140 Å². The lowest BCUT2D eigenvalue weighted by Gasteiger charge is -2.58. The van der Waals surface area contributed by atoms with E-state index >= 15 is 0 Å². The van der Waals surface area contributed by atoms with Crippen molar-refractivity contribution in [2.45, 2.75) is 166 Å². The highest BCUT2D eigenvalue weighted by Gasteiger charge is 2.59. The number of amides is 2. The van der Waals surface area contributed by atoms with E-state index in [-0.39, 0.29) is 24.6 Å². The predicted molar refractivity (Wildman–Crippen MR) is 208 cm³/mol. The van der Waals surface area contributed by atoms with Crippen molar-refractivity contribution in [3.63, 3.8) is 0 Å². The van der Waals surface area contributed by atoms with Crippen molar-refractivity contribution in [2.75, 3.05) is 26.3 Å². The average molecular weight is 813 g/mol. The normalized spacial score (nSPS) is 39.1. The molecule has 1 heterocycles. The number of carbonyl (C=O) groups excluding carboxylic acids is 2. The number of alkyl carbamates (subject to hydrolysis) is 1. The van der Waals surface area contributed by atoms with Gasteiger partial charge in [0.25, 0.3) is 5.91 Å². The fourth-order valence-electron chi connectivity index (χ4n) is 11.6. The van der Waals surface area contributed by atoms with Crippen LogP contribution in [0.5, 0.6) is 0 Å². The number of aliphatic hydroxyl groups excluding tert-OH is 8. The van der Waals surface area contributed by atoms with Gasteiger partial charge in [-0.15, -0.1) is 0 Å². The Morgan fingerprint density at radius 3 is 2.32 bits per heavy atom. The molecule has 1 unspecified atom stereocenters. The molecule has 15 nitrogen and oxygen atoms in total. The molecule has 328 valence electrons. The lowest BCUT2D eigenvalue weighted by Crippen LogP contribution is -2.62. The number of carbonyl (C=O) groups is 2. The number of aliphatic hydroxyl groups is 8. The van der Waals surface area contributed by atoms with Crippen molar-refractivity contribution in [3.8, 4) is 0 Å². The minimum absolute atomic E-state index is 0.0498. The van der Waals surface area contributed by atoms with Crippen LogP contribution in [0.15, 0.2) is 11.6 Å². The van der Waals surface area contributed by atoms with E-state index < -0.39 is 80.3 Å². The zero-order chi connectivity index (χ0) is 41.8. The highest BCUT2D eigenvalue weighted by Crippen LogP contribution is 2.67. The molecule has 0 aromatic carbocycles. The fraction of sp³-hybridized carbons (Fsp3) is 0.905. The summed E-state index contributed by atoms with van der Waals surface area (Å²) in [6.45, 7) is 10.2. The third-order valence-corrected chi connectivity index (χ3v) is 14.9. The zero-order valence-corrected chi connectivity index (χ0v) is 34.5. The molecule has 2 amide bonds. The van der Waals surface area contributed by atoms with Crippen molar-refractivity contribution in [3.05, 3.63) is 11.6 Å². The molecule has 57 heavy (non-hydrogen) atoms. The highest BCUT2D eigenvalue weighted by molar-refractivity contribution is 5.81. The molecule has 0 aromatic heterocycles. The van der Waals surface area contributed by atoms with Crippen LogP contribution in [0.2, 0.25) is 0 Å². The monoisotopic (exact) mass is 813 g/mol.